The monoisotopic (exact) mass is 342 g/mol. The Morgan fingerprint density at radius 3 is 2.53 bits per heavy atom. The summed E-state index contributed by atoms with van der Waals surface area (Å²) in [5.41, 5.74) is 6.74. The van der Waals surface area contributed by atoms with Gasteiger partial charge in [-0.25, -0.2) is 0 Å². The Kier molecular flexibility index (Phi) is 3.58. The van der Waals surface area contributed by atoms with Gasteiger partial charge in [-0.3, -0.25) is 4.79 Å². The van der Waals surface area contributed by atoms with Gasteiger partial charge in [0.15, 0.2) is 0 Å². The van der Waals surface area contributed by atoms with Crippen molar-refractivity contribution in [2.45, 2.75) is 43.8 Å². The highest BCUT2D eigenvalue weighted by Crippen LogP contribution is 2.36. The quantitative estimate of drug-likeness (QED) is 0.851. The molecule has 5 heteroatoms. The molecule has 0 radical (unpaired) electrons. The first-order valence-electron chi connectivity index (χ1n) is 6.59. The largest absolute Gasteiger partial charge is 0.333 e. The molecular formula is C14H16BrClN2O. The third-order valence-electron chi connectivity index (χ3n) is 4.17. The Hall–Kier alpha value is -0.580. The number of carbonyl (C=O) groups excluding carboxylic acids is 1. The molecule has 19 heavy (non-hydrogen) atoms. The van der Waals surface area contributed by atoms with Gasteiger partial charge in [-0.15, -0.1) is 0 Å². The Balaban J connectivity index is 1.86. The molecule has 2 atom stereocenters. The van der Waals surface area contributed by atoms with Gasteiger partial charge in [0.25, 0.3) is 5.91 Å². The molecule has 3 rings (SSSR count). The molecule has 0 aliphatic carbocycles. The van der Waals surface area contributed by atoms with Crippen LogP contribution in [0.5, 0.6) is 0 Å². The Bertz CT molecular complexity index is 508. The average Bonchev–Trinajstić information content (AvgIpc) is 2.64. The van der Waals surface area contributed by atoms with E-state index in [2.05, 4.69) is 15.9 Å². The highest BCUT2D eigenvalue weighted by atomic mass is 79.9. The number of piperidine rings is 1. The second-order valence-corrected chi connectivity index (χ2v) is 6.72. The normalized spacial score (nSPS) is 29.6. The van der Waals surface area contributed by atoms with Gasteiger partial charge < -0.3 is 10.6 Å². The molecule has 2 heterocycles. The van der Waals surface area contributed by atoms with E-state index >= 15 is 0 Å². The second kappa shape index (κ2) is 5.08. The van der Waals surface area contributed by atoms with Crippen LogP contribution in [0.25, 0.3) is 0 Å². The zero-order valence-electron chi connectivity index (χ0n) is 10.5. The number of rotatable bonds is 1. The number of amides is 1. The summed E-state index contributed by atoms with van der Waals surface area (Å²) in [6.07, 6.45) is 4.02. The molecule has 1 aromatic carbocycles. The van der Waals surface area contributed by atoms with Crippen molar-refractivity contribution >= 4 is 33.4 Å². The average molecular weight is 344 g/mol. The maximum Gasteiger partial charge on any atom is 0.254 e. The van der Waals surface area contributed by atoms with E-state index in [1.54, 1.807) is 18.2 Å². The van der Waals surface area contributed by atoms with Crippen LogP contribution in [0.4, 0.5) is 0 Å². The number of carbonyl (C=O) groups is 1. The van der Waals surface area contributed by atoms with Crippen LogP contribution in [0.2, 0.25) is 5.02 Å². The van der Waals surface area contributed by atoms with Gasteiger partial charge >= 0.3 is 0 Å². The molecule has 2 aliphatic heterocycles. The molecule has 0 spiro atoms. The van der Waals surface area contributed by atoms with Gasteiger partial charge in [-0.2, -0.15) is 0 Å². The highest BCUT2D eigenvalue weighted by molar-refractivity contribution is 9.10. The number of benzene rings is 1. The Labute approximate surface area is 126 Å². The van der Waals surface area contributed by atoms with Crippen LogP contribution in [0.3, 0.4) is 0 Å². The van der Waals surface area contributed by atoms with Gasteiger partial charge in [0, 0.05) is 28.2 Å². The van der Waals surface area contributed by atoms with E-state index in [0.717, 1.165) is 30.2 Å². The molecule has 2 bridgehead atoms. The number of hydrogen-bond donors (Lipinski definition) is 1. The lowest BCUT2D eigenvalue weighted by Gasteiger charge is -2.37. The van der Waals surface area contributed by atoms with Crippen molar-refractivity contribution in [2.24, 2.45) is 5.73 Å². The Morgan fingerprint density at radius 1 is 1.32 bits per heavy atom. The maximum absolute atomic E-state index is 12.7. The zero-order chi connectivity index (χ0) is 13.6. The standard InChI is InChI=1S/C14H16BrClN2O/c15-12-5-8(1-4-13(12)16)14(19)18-10-2-3-11(18)7-9(17)6-10/h1,4-5,9-11H,2-3,6-7,17H2. The molecule has 102 valence electrons. The number of fused-ring (bicyclic) bond motifs is 2. The summed E-state index contributed by atoms with van der Waals surface area (Å²) in [5, 5.41) is 0.625. The fourth-order valence-electron chi connectivity index (χ4n) is 3.33. The van der Waals surface area contributed by atoms with Crippen molar-refractivity contribution < 1.29 is 4.79 Å². The molecule has 2 fully saturated rings. The smallest absolute Gasteiger partial charge is 0.254 e. The number of nitrogens with two attached hydrogens (primary N) is 1. The lowest BCUT2D eigenvalue weighted by Crippen LogP contribution is -2.50. The van der Waals surface area contributed by atoms with E-state index in [9.17, 15) is 4.79 Å². The van der Waals surface area contributed by atoms with Crippen molar-refractivity contribution in [1.29, 1.82) is 0 Å². The molecule has 3 nitrogen and oxygen atoms in total. The SMILES string of the molecule is NC1CC2CCC(C1)N2C(=O)c1ccc(Cl)c(Br)c1. The zero-order valence-corrected chi connectivity index (χ0v) is 12.8. The first kappa shape index (κ1) is 13.4. The van der Waals surface area contributed by atoms with Gasteiger partial charge in [-0.1, -0.05) is 11.6 Å². The fraction of sp³-hybridized carbons (Fsp3) is 0.500. The van der Waals surface area contributed by atoms with Crippen LogP contribution < -0.4 is 5.73 Å². The Morgan fingerprint density at radius 2 is 1.95 bits per heavy atom. The van der Waals surface area contributed by atoms with Crippen LogP contribution in [0, 0.1) is 0 Å². The molecule has 1 aromatic rings. The topological polar surface area (TPSA) is 46.3 Å². The minimum Gasteiger partial charge on any atom is -0.333 e. The lowest BCUT2D eigenvalue weighted by atomic mass is 9.97. The van der Waals surface area contributed by atoms with Crippen molar-refractivity contribution in [2.75, 3.05) is 0 Å². The number of halogens is 2. The van der Waals surface area contributed by atoms with E-state index in [4.69, 9.17) is 17.3 Å². The van der Waals surface area contributed by atoms with Crippen molar-refractivity contribution in [3.8, 4) is 0 Å². The minimum absolute atomic E-state index is 0.108. The molecule has 2 N–H and O–H groups in total. The molecular weight excluding hydrogens is 328 g/mol. The van der Waals surface area contributed by atoms with Gasteiger partial charge in [0.05, 0.1) is 5.02 Å². The minimum atomic E-state index is 0.108. The van der Waals surface area contributed by atoms with Crippen LogP contribution >= 0.6 is 27.5 Å². The van der Waals surface area contributed by atoms with Crippen LogP contribution in [-0.4, -0.2) is 28.9 Å². The van der Waals surface area contributed by atoms with E-state index in [1.165, 1.54) is 0 Å². The number of nitrogens with zero attached hydrogens (tertiary/aromatic N) is 1. The van der Waals surface area contributed by atoms with Crippen molar-refractivity contribution in [3.63, 3.8) is 0 Å². The first-order chi connectivity index (χ1) is 9.06. The van der Waals surface area contributed by atoms with E-state index in [-0.39, 0.29) is 11.9 Å². The molecule has 2 aliphatic rings. The summed E-state index contributed by atoms with van der Waals surface area (Å²) < 4.78 is 0.765. The molecule has 2 saturated heterocycles. The highest BCUT2D eigenvalue weighted by Gasteiger charge is 2.42. The summed E-state index contributed by atoms with van der Waals surface area (Å²) >= 11 is 9.34. The van der Waals surface area contributed by atoms with Crippen molar-refractivity contribution in [3.05, 3.63) is 33.3 Å². The summed E-state index contributed by atoms with van der Waals surface area (Å²) in [6, 6.07) is 6.24. The summed E-state index contributed by atoms with van der Waals surface area (Å²) in [7, 11) is 0. The summed E-state index contributed by atoms with van der Waals surface area (Å²) in [5.74, 6) is 0.108. The van der Waals surface area contributed by atoms with E-state index in [0.29, 0.717) is 22.7 Å². The molecule has 2 unspecified atom stereocenters. The predicted molar refractivity (Wildman–Crippen MR) is 79.3 cm³/mol. The van der Waals surface area contributed by atoms with Crippen molar-refractivity contribution in [1.82, 2.24) is 4.90 Å². The van der Waals surface area contributed by atoms with E-state index in [1.807, 2.05) is 4.90 Å². The summed E-state index contributed by atoms with van der Waals surface area (Å²) in [6.45, 7) is 0. The second-order valence-electron chi connectivity index (χ2n) is 5.46. The van der Waals surface area contributed by atoms with Crippen LogP contribution in [0.15, 0.2) is 22.7 Å². The molecule has 0 saturated carbocycles. The van der Waals surface area contributed by atoms with Crippen LogP contribution in [-0.2, 0) is 0 Å². The third-order valence-corrected chi connectivity index (χ3v) is 5.38. The number of hydrogen-bond acceptors (Lipinski definition) is 2. The molecule has 1 amide bonds. The van der Waals surface area contributed by atoms with Crippen LogP contribution in [0.1, 0.15) is 36.0 Å². The first-order valence-corrected chi connectivity index (χ1v) is 7.76. The van der Waals surface area contributed by atoms with Gasteiger partial charge in [0.1, 0.15) is 0 Å². The van der Waals surface area contributed by atoms with Gasteiger partial charge in [0.2, 0.25) is 0 Å². The fourth-order valence-corrected chi connectivity index (χ4v) is 3.83. The van der Waals surface area contributed by atoms with Gasteiger partial charge in [-0.05, 0) is 59.8 Å². The lowest BCUT2D eigenvalue weighted by molar-refractivity contribution is 0.0575. The van der Waals surface area contributed by atoms with E-state index < -0.39 is 0 Å². The maximum atomic E-state index is 12.7. The third kappa shape index (κ3) is 2.41. The predicted octanol–water partition coefficient (Wildman–Crippen LogP) is 3.20. The summed E-state index contributed by atoms with van der Waals surface area (Å²) in [4.78, 5) is 14.7. The molecule has 0 aromatic heterocycles.